The largest absolute Gasteiger partial charge is 0.462 e. The van der Waals surface area contributed by atoms with Crippen molar-refractivity contribution in [3.63, 3.8) is 0 Å². The molecule has 0 saturated heterocycles. The quantitative estimate of drug-likeness (QED) is 0.0383. The molecule has 0 amide bonds. The van der Waals surface area contributed by atoms with Gasteiger partial charge in [0.2, 0.25) is 0 Å². The third kappa shape index (κ3) is 7.41. The predicted molar refractivity (Wildman–Crippen MR) is 196 cm³/mol. The van der Waals surface area contributed by atoms with Gasteiger partial charge >= 0.3 is 17.9 Å². The average Bonchev–Trinajstić information content (AvgIpc) is 3.06. The molecule has 5 aromatic rings. The third-order valence-corrected chi connectivity index (χ3v) is 8.69. The summed E-state index contributed by atoms with van der Waals surface area (Å²) in [5.74, 6) is -0.647. The highest BCUT2D eigenvalue weighted by atomic mass is 16.5. The number of Topliss-reactive ketones (excluding diaryl/α,β-unsaturated/α-hetero) is 1. The first-order chi connectivity index (χ1) is 23.3. The molecular formula is C42H48O7. The van der Waals surface area contributed by atoms with Gasteiger partial charge in [0.1, 0.15) is 0 Å². The summed E-state index contributed by atoms with van der Waals surface area (Å²) in [7, 11) is 0. The smallest absolute Gasteiger partial charge is 0.338 e. The Morgan fingerprint density at radius 2 is 0.776 bits per heavy atom. The van der Waals surface area contributed by atoms with E-state index in [0.29, 0.717) is 34.2 Å². The first kappa shape index (κ1) is 35.8. The second kappa shape index (κ2) is 14.9. The number of carbonyl (C=O) groups is 4. The molecule has 0 saturated carbocycles. The summed E-state index contributed by atoms with van der Waals surface area (Å²) in [4.78, 5) is 54.6. The Bertz CT molecular complexity index is 1950. The highest BCUT2D eigenvalue weighted by molar-refractivity contribution is 6.38. The minimum atomic E-state index is -0.517. The normalized spacial score (nSPS) is 12.0. The molecule has 0 bridgehead atoms. The Balaban J connectivity index is 1.84. The van der Waals surface area contributed by atoms with Gasteiger partial charge in [0.05, 0.1) is 36.5 Å². The van der Waals surface area contributed by atoms with E-state index in [2.05, 4.69) is 13.8 Å². The molecule has 0 radical (unpaired) electrons. The predicted octanol–water partition coefficient (Wildman–Crippen LogP) is 10.2. The summed E-state index contributed by atoms with van der Waals surface area (Å²) in [6.45, 7) is 16.8. The molecule has 0 fully saturated rings. The lowest BCUT2D eigenvalue weighted by molar-refractivity contribution is 0.0449. The van der Waals surface area contributed by atoms with Crippen LogP contribution in [0.3, 0.4) is 0 Å². The molecule has 0 aliphatic heterocycles. The lowest BCUT2D eigenvalue weighted by Gasteiger charge is -2.21. The summed E-state index contributed by atoms with van der Waals surface area (Å²) >= 11 is 0. The van der Waals surface area contributed by atoms with Gasteiger partial charge in [0.25, 0.3) is 0 Å². The van der Waals surface area contributed by atoms with Crippen LogP contribution in [0.15, 0.2) is 48.5 Å². The van der Waals surface area contributed by atoms with Crippen LogP contribution in [0.2, 0.25) is 0 Å². The standard InChI is InChI=1S/C42H48O7/c1-23(2)10-9-11-35(43)31-16-12-27-29-14-18-33(41(45)48-21-25(5)6)39-34(42(46)49-22-26(7)8)19-15-30(37(29)39)28-13-17-32(38(31)36(27)28)40(44)47-20-24(3)4/h12-19,23-26H,9-11,20-22H2,1-8H3. The van der Waals surface area contributed by atoms with Crippen molar-refractivity contribution >= 4 is 66.8 Å². The van der Waals surface area contributed by atoms with Gasteiger partial charge in [0, 0.05) is 22.8 Å². The molecule has 5 aromatic carbocycles. The van der Waals surface area contributed by atoms with E-state index in [9.17, 15) is 19.2 Å². The van der Waals surface area contributed by atoms with Gasteiger partial charge in [0.15, 0.2) is 5.78 Å². The fourth-order valence-electron chi connectivity index (χ4n) is 6.40. The zero-order chi connectivity index (χ0) is 35.6. The number of carbonyl (C=O) groups excluding carboxylic acids is 4. The van der Waals surface area contributed by atoms with Crippen molar-refractivity contribution in [1.29, 1.82) is 0 Å². The van der Waals surface area contributed by atoms with Crippen molar-refractivity contribution in [2.75, 3.05) is 19.8 Å². The molecule has 258 valence electrons. The van der Waals surface area contributed by atoms with Gasteiger partial charge in [-0.05, 0) is 80.6 Å². The first-order valence-electron chi connectivity index (χ1n) is 17.5. The molecule has 5 rings (SSSR count). The Morgan fingerprint density at radius 1 is 0.449 bits per heavy atom. The van der Waals surface area contributed by atoms with Crippen molar-refractivity contribution in [2.45, 2.75) is 74.7 Å². The number of benzene rings is 5. The molecule has 0 spiro atoms. The SMILES string of the molecule is CC(C)CCCC(=O)c1ccc2c3ccc(C(=O)OCC(C)C)c4c(C(=O)OCC(C)C)ccc(c5ccc(C(=O)OCC(C)C)c1c25)c43. The maximum atomic E-state index is 13.8. The minimum absolute atomic E-state index is 0.0234. The highest BCUT2D eigenvalue weighted by Crippen LogP contribution is 2.44. The Morgan fingerprint density at radius 3 is 1.10 bits per heavy atom. The molecule has 7 heteroatoms. The van der Waals surface area contributed by atoms with Crippen LogP contribution in [-0.4, -0.2) is 43.5 Å². The average molecular weight is 665 g/mol. The van der Waals surface area contributed by atoms with Crippen molar-refractivity contribution < 1.29 is 33.4 Å². The van der Waals surface area contributed by atoms with Crippen LogP contribution in [0.5, 0.6) is 0 Å². The molecule has 0 atom stereocenters. The van der Waals surface area contributed by atoms with E-state index >= 15 is 0 Å². The number of ketones is 1. The van der Waals surface area contributed by atoms with Crippen molar-refractivity contribution in [2.24, 2.45) is 23.7 Å². The molecule has 0 unspecified atom stereocenters. The van der Waals surface area contributed by atoms with Crippen LogP contribution in [0.25, 0.3) is 43.1 Å². The summed E-state index contributed by atoms with van der Waals surface area (Å²) in [5.41, 5.74) is 1.39. The Labute approximate surface area is 288 Å². The second-order valence-electron chi connectivity index (χ2n) is 14.8. The summed E-state index contributed by atoms with van der Waals surface area (Å²) in [6.07, 6.45) is 2.04. The van der Waals surface area contributed by atoms with Crippen molar-refractivity contribution in [3.8, 4) is 0 Å². The van der Waals surface area contributed by atoms with E-state index in [4.69, 9.17) is 14.2 Å². The Kier molecular flexibility index (Phi) is 10.9. The number of ether oxygens (including phenoxy) is 3. The summed E-state index contributed by atoms with van der Waals surface area (Å²) in [5, 5.41) is 5.69. The summed E-state index contributed by atoms with van der Waals surface area (Å²) in [6, 6.07) is 14.5. The van der Waals surface area contributed by atoms with Crippen LogP contribution in [-0.2, 0) is 14.2 Å². The minimum Gasteiger partial charge on any atom is -0.462 e. The molecule has 0 aliphatic rings. The fraction of sp³-hybridized carbons (Fsp3) is 0.429. The molecule has 0 N–H and O–H groups in total. The van der Waals surface area contributed by atoms with Crippen LogP contribution in [0.4, 0.5) is 0 Å². The topological polar surface area (TPSA) is 96.0 Å². The number of rotatable bonds is 14. The van der Waals surface area contributed by atoms with Gasteiger partial charge in [-0.25, -0.2) is 14.4 Å². The van der Waals surface area contributed by atoms with Crippen LogP contribution < -0.4 is 0 Å². The first-order valence-corrected chi connectivity index (χ1v) is 17.5. The molecule has 0 aromatic heterocycles. The van der Waals surface area contributed by atoms with Crippen molar-refractivity contribution in [3.05, 3.63) is 70.8 Å². The molecule has 7 nitrogen and oxygen atoms in total. The van der Waals surface area contributed by atoms with E-state index < -0.39 is 17.9 Å². The number of esters is 3. The van der Waals surface area contributed by atoms with Crippen LogP contribution in [0.1, 0.15) is 116 Å². The van der Waals surface area contributed by atoms with E-state index in [0.717, 1.165) is 45.2 Å². The highest BCUT2D eigenvalue weighted by Gasteiger charge is 2.27. The Hall–Kier alpha value is -4.52. The fourth-order valence-corrected chi connectivity index (χ4v) is 6.40. The maximum Gasteiger partial charge on any atom is 0.338 e. The number of hydrogen-bond acceptors (Lipinski definition) is 7. The van der Waals surface area contributed by atoms with Gasteiger partial charge in [-0.2, -0.15) is 0 Å². The molecule has 49 heavy (non-hydrogen) atoms. The number of hydrogen-bond donors (Lipinski definition) is 0. The zero-order valence-corrected chi connectivity index (χ0v) is 30.0. The van der Waals surface area contributed by atoms with Crippen LogP contribution >= 0.6 is 0 Å². The monoisotopic (exact) mass is 664 g/mol. The number of fused-ring (bicyclic) bond motifs is 2. The van der Waals surface area contributed by atoms with Crippen LogP contribution in [0, 0.1) is 23.7 Å². The second-order valence-corrected chi connectivity index (χ2v) is 14.8. The van der Waals surface area contributed by atoms with E-state index in [1.807, 2.05) is 65.8 Å². The van der Waals surface area contributed by atoms with E-state index in [1.165, 1.54) is 0 Å². The zero-order valence-electron chi connectivity index (χ0n) is 30.0. The van der Waals surface area contributed by atoms with E-state index in [1.54, 1.807) is 24.3 Å². The van der Waals surface area contributed by atoms with Gasteiger partial charge in [-0.1, -0.05) is 92.1 Å². The molecular weight excluding hydrogens is 616 g/mol. The van der Waals surface area contributed by atoms with E-state index in [-0.39, 0.29) is 54.5 Å². The molecule has 0 aliphatic carbocycles. The lowest BCUT2D eigenvalue weighted by atomic mass is 9.83. The summed E-state index contributed by atoms with van der Waals surface area (Å²) < 4.78 is 17.1. The van der Waals surface area contributed by atoms with Gasteiger partial charge in [-0.15, -0.1) is 0 Å². The lowest BCUT2D eigenvalue weighted by Crippen LogP contribution is -2.14. The molecule has 0 heterocycles. The van der Waals surface area contributed by atoms with Gasteiger partial charge < -0.3 is 14.2 Å². The third-order valence-electron chi connectivity index (χ3n) is 8.69. The maximum absolute atomic E-state index is 13.8. The van der Waals surface area contributed by atoms with Gasteiger partial charge in [-0.3, -0.25) is 4.79 Å². The van der Waals surface area contributed by atoms with Crippen molar-refractivity contribution in [1.82, 2.24) is 0 Å².